The fourth-order valence-electron chi connectivity index (χ4n) is 4.67. The first kappa shape index (κ1) is 22.7. The van der Waals surface area contributed by atoms with E-state index in [1.807, 2.05) is 55.1 Å². The van der Waals surface area contributed by atoms with Crippen LogP contribution in [-0.4, -0.2) is 61.0 Å². The first-order valence-electron chi connectivity index (χ1n) is 11.7. The molecule has 3 aromatic rings. The van der Waals surface area contributed by atoms with E-state index >= 15 is 0 Å². The molecule has 176 valence electrons. The van der Waals surface area contributed by atoms with Crippen LogP contribution in [-0.2, 0) is 11.2 Å². The van der Waals surface area contributed by atoms with Gasteiger partial charge in [-0.15, -0.1) is 11.3 Å². The molecule has 1 aromatic heterocycles. The van der Waals surface area contributed by atoms with Gasteiger partial charge in [0, 0.05) is 54.4 Å². The van der Waals surface area contributed by atoms with Crippen LogP contribution in [0.4, 0.5) is 10.8 Å². The number of thiazole rings is 1. The number of rotatable bonds is 5. The van der Waals surface area contributed by atoms with Gasteiger partial charge in [0.05, 0.1) is 12.2 Å². The van der Waals surface area contributed by atoms with Crippen molar-refractivity contribution in [2.24, 2.45) is 0 Å². The van der Waals surface area contributed by atoms with Crippen molar-refractivity contribution in [3.05, 3.63) is 64.0 Å². The van der Waals surface area contributed by atoms with Crippen LogP contribution in [0.25, 0.3) is 11.3 Å². The van der Waals surface area contributed by atoms with Gasteiger partial charge in [0.25, 0.3) is 5.91 Å². The highest BCUT2D eigenvalue weighted by molar-refractivity contribution is 7.16. The SMILES string of the molecule is Cc1ccccc1C(=O)N1CCc2cc(-c3nc(NC(=O)CN4CCNCC4)sc3C)ccc21. The van der Waals surface area contributed by atoms with E-state index in [-0.39, 0.29) is 11.8 Å². The second-order valence-electron chi connectivity index (χ2n) is 8.86. The third-order valence-electron chi connectivity index (χ3n) is 6.49. The van der Waals surface area contributed by atoms with E-state index < -0.39 is 0 Å². The number of benzene rings is 2. The Morgan fingerprint density at radius 3 is 2.68 bits per heavy atom. The summed E-state index contributed by atoms with van der Waals surface area (Å²) in [5.41, 5.74) is 5.75. The number of carbonyl (C=O) groups excluding carboxylic acids is 2. The largest absolute Gasteiger partial charge is 0.314 e. The zero-order valence-corrected chi connectivity index (χ0v) is 20.4. The van der Waals surface area contributed by atoms with Crippen LogP contribution in [0.1, 0.15) is 26.4 Å². The minimum atomic E-state index is -0.0264. The van der Waals surface area contributed by atoms with Crippen LogP contribution < -0.4 is 15.5 Å². The molecule has 0 saturated carbocycles. The Labute approximate surface area is 203 Å². The summed E-state index contributed by atoms with van der Waals surface area (Å²) in [5, 5.41) is 6.90. The van der Waals surface area contributed by atoms with Crippen LogP contribution in [0.5, 0.6) is 0 Å². The average Bonchev–Trinajstić information content (AvgIpc) is 3.42. The van der Waals surface area contributed by atoms with Gasteiger partial charge in [-0.3, -0.25) is 14.5 Å². The highest BCUT2D eigenvalue weighted by Crippen LogP contribution is 2.36. The number of amides is 2. The molecule has 2 aliphatic rings. The average molecular weight is 476 g/mol. The van der Waals surface area contributed by atoms with Crippen LogP contribution >= 0.6 is 11.3 Å². The first-order chi connectivity index (χ1) is 16.5. The molecule has 2 aliphatic heterocycles. The lowest BCUT2D eigenvalue weighted by molar-refractivity contribution is -0.117. The molecular weight excluding hydrogens is 446 g/mol. The number of carbonyl (C=O) groups is 2. The predicted molar refractivity (Wildman–Crippen MR) is 137 cm³/mol. The van der Waals surface area contributed by atoms with Gasteiger partial charge >= 0.3 is 0 Å². The molecule has 2 amide bonds. The zero-order valence-electron chi connectivity index (χ0n) is 19.6. The van der Waals surface area contributed by atoms with Crippen molar-refractivity contribution in [3.63, 3.8) is 0 Å². The van der Waals surface area contributed by atoms with Crippen molar-refractivity contribution in [2.75, 3.05) is 49.5 Å². The third kappa shape index (κ3) is 4.61. The van der Waals surface area contributed by atoms with E-state index in [1.165, 1.54) is 11.3 Å². The van der Waals surface area contributed by atoms with Gasteiger partial charge in [-0.25, -0.2) is 4.98 Å². The number of aromatic nitrogens is 1. The molecule has 8 heteroatoms. The molecule has 0 atom stereocenters. The van der Waals surface area contributed by atoms with E-state index in [4.69, 9.17) is 4.98 Å². The maximum absolute atomic E-state index is 13.2. The molecule has 0 bridgehead atoms. The monoisotopic (exact) mass is 475 g/mol. The maximum Gasteiger partial charge on any atom is 0.258 e. The topological polar surface area (TPSA) is 77.6 Å². The summed E-state index contributed by atoms with van der Waals surface area (Å²) < 4.78 is 0. The molecule has 5 rings (SSSR count). The van der Waals surface area contributed by atoms with Gasteiger partial charge in [0.2, 0.25) is 5.91 Å². The van der Waals surface area contributed by atoms with E-state index in [1.54, 1.807) is 0 Å². The molecule has 3 heterocycles. The minimum Gasteiger partial charge on any atom is -0.314 e. The van der Waals surface area contributed by atoms with Crippen LogP contribution in [0.2, 0.25) is 0 Å². The number of hydrogen-bond acceptors (Lipinski definition) is 6. The smallest absolute Gasteiger partial charge is 0.258 e. The van der Waals surface area contributed by atoms with Gasteiger partial charge in [0.15, 0.2) is 5.13 Å². The van der Waals surface area contributed by atoms with E-state index in [2.05, 4.69) is 21.6 Å². The Kier molecular flexibility index (Phi) is 6.45. The predicted octanol–water partition coefficient (Wildman–Crippen LogP) is 3.47. The summed E-state index contributed by atoms with van der Waals surface area (Å²) in [6.07, 6.45) is 0.818. The van der Waals surface area contributed by atoms with Crippen molar-refractivity contribution in [1.29, 1.82) is 0 Å². The van der Waals surface area contributed by atoms with Crippen molar-refractivity contribution >= 4 is 34.0 Å². The molecule has 2 aromatic carbocycles. The lowest BCUT2D eigenvalue weighted by Gasteiger charge is -2.26. The number of nitrogens with one attached hydrogen (secondary N) is 2. The summed E-state index contributed by atoms with van der Waals surface area (Å²) in [5.74, 6) is 0.0189. The van der Waals surface area contributed by atoms with Crippen molar-refractivity contribution in [1.82, 2.24) is 15.2 Å². The molecule has 2 N–H and O–H groups in total. The normalized spacial score (nSPS) is 15.9. The Balaban J connectivity index is 1.31. The van der Waals surface area contributed by atoms with E-state index in [0.29, 0.717) is 18.2 Å². The Morgan fingerprint density at radius 2 is 1.88 bits per heavy atom. The number of nitrogens with zero attached hydrogens (tertiary/aromatic N) is 3. The highest BCUT2D eigenvalue weighted by atomic mass is 32.1. The maximum atomic E-state index is 13.2. The van der Waals surface area contributed by atoms with Crippen molar-refractivity contribution in [3.8, 4) is 11.3 Å². The number of anilines is 2. The fraction of sp³-hybridized carbons (Fsp3) is 0.346. The summed E-state index contributed by atoms with van der Waals surface area (Å²) in [7, 11) is 0. The number of piperazine rings is 1. The molecular formula is C26H29N5O2S. The van der Waals surface area contributed by atoms with Gasteiger partial charge < -0.3 is 15.5 Å². The molecule has 0 radical (unpaired) electrons. The van der Waals surface area contributed by atoms with Crippen LogP contribution in [0, 0.1) is 13.8 Å². The fourth-order valence-corrected chi connectivity index (χ4v) is 5.52. The van der Waals surface area contributed by atoms with Gasteiger partial charge in [-0.1, -0.05) is 24.3 Å². The second kappa shape index (κ2) is 9.66. The van der Waals surface area contributed by atoms with Gasteiger partial charge in [0.1, 0.15) is 0 Å². The zero-order chi connectivity index (χ0) is 23.7. The molecule has 0 spiro atoms. The minimum absolute atomic E-state index is 0.0264. The lowest BCUT2D eigenvalue weighted by Crippen LogP contribution is -2.46. The molecule has 1 fully saturated rings. The molecule has 34 heavy (non-hydrogen) atoms. The Bertz CT molecular complexity index is 1230. The standard InChI is InChI=1S/C26H29N5O2S/c1-17-5-3-4-6-21(17)25(33)31-12-9-19-15-20(7-8-22(19)31)24-18(2)34-26(29-24)28-23(32)16-30-13-10-27-11-14-30/h3-8,15,27H,9-14,16H2,1-2H3,(H,28,29,32). The van der Waals surface area contributed by atoms with E-state index in [9.17, 15) is 9.59 Å². The lowest BCUT2D eigenvalue weighted by atomic mass is 10.0. The molecule has 0 unspecified atom stereocenters. The summed E-state index contributed by atoms with van der Waals surface area (Å²) >= 11 is 1.50. The summed E-state index contributed by atoms with van der Waals surface area (Å²) in [4.78, 5) is 35.5. The van der Waals surface area contributed by atoms with E-state index in [0.717, 1.165) is 71.1 Å². The van der Waals surface area contributed by atoms with Gasteiger partial charge in [-0.05, 0) is 49.6 Å². The quantitative estimate of drug-likeness (QED) is 0.591. The van der Waals surface area contributed by atoms with Crippen LogP contribution in [0.15, 0.2) is 42.5 Å². The first-order valence-corrected chi connectivity index (χ1v) is 12.5. The number of aryl methyl sites for hydroxylation is 2. The summed E-state index contributed by atoms with van der Waals surface area (Å²) in [6.45, 7) is 8.66. The molecule has 0 aliphatic carbocycles. The Morgan fingerprint density at radius 1 is 1.09 bits per heavy atom. The van der Waals surface area contributed by atoms with Crippen molar-refractivity contribution in [2.45, 2.75) is 20.3 Å². The Hall–Kier alpha value is -3.07. The van der Waals surface area contributed by atoms with Gasteiger partial charge in [-0.2, -0.15) is 0 Å². The third-order valence-corrected chi connectivity index (χ3v) is 7.38. The number of hydrogen-bond donors (Lipinski definition) is 2. The van der Waals surface area contributed by atoms with Crippen LogP contribution in [0.3, 0.4) is 0 Å². The van der Waals surface area contributed by atoms with Crippen molar-refractivity contribution < 1.29 is 9.59 Å². The second-order valence-corrected chi connectivity index (χ2v) is 10.1. The summed E-state index contributed by atoms with van der Waals surface area (Å²) in [6, 6.07) is 13.9. The highest BCUT2D eigenvalue weighted by Gasteiger charge is 2.27. The molecule has 7 nitrogen and oxygen atoms in total. The molecule has 1 saturated heterocycles. The number of fused-ring (bicyclic) bond motifs is 1.